The lowest BCUT2D eigenvalue weighted by Gasteiger charge is -2.27. The summed E-state index contributed by atoms with van der Waals surface area (Å²) in [6.07, 6.45) is 7.28. The molecule has 2 unspecified atom stereocenters. The molecule has 0 spiro atoms. The summed E-state index contributed by atoms with van der Waals surface area (Å²) in [6.45, 7) is 8.10. The van der Waals surface area contributed by atoms with E-state index in [1.54, 1.807) is 0 Å². The van der Waals surface area contributed by atoms with Crippen molar-refractivity contribution in [3.63, 3.8) is 0 Å². The van der Waals surface area contributed by atoms with Crippen LogP contribution in [0.4, 0.5) is 0 Å². The van der Waals surface area contributed by atoms with Gasteiger partial charge >= 0.3 is 0 Å². The Morgan fingerprint density at radius 2 is 2.11 bits per heavy atom. The number of aryl methyl sites for hydroxylation is 1. The van der Waals surface area contributed by atoms with Crippen LogP contribution >= 0.6 is 0 Å². The molecule has 2 aliphatic rings. The molecule has 2 aliphatic heterocycles. The zero-order valence-corrected chi connectivity index (χ0v) is 12.5. The van der Waals surface area contributed by atoms with Crippen LogP contribution in [0.3, 0.4) is 0 Å². The number of aromatic nitrogens is 3. The first-order chi connectivity index (χ1) is 9.15. The van der Waals surface area contributed by atoms with E-state index in [1.807, 2.05) is 0 Å². The van der Waals surface area contributed by atoms with E-state index in [9.17, 15) is 0 Å². The van der Waals surface area contributed by atoms with Crippen molar-refractivity contribution in [2.45, 2.75) is 77.4 Å². The van der Waals surface area contributed by atoms with Gasteiger partial charge in [-0.15, -0.1) is 0 Å². The third kappa shape index (κ3) is 2.55. The summed E-state index contributed by atoms with van der Waals surface area (Å²) < 4.78 is 2.17. The number of hydrogen-bond acceptors (Lipinski definition) is 3. The molecular formula is C15H26N4. The highest BCUT2D eigenvalue weighted by atomic mass is 15.4. The van der Waals surface area contributed by atoms with Crippen LogP contribution in [0.15, 0.2) is 0 Å². The Bertz CT molecular complexity index is 437. The van der Waals surface area contributed by atoms with Crippen molar-refractivity contribution in [3.8, 4) is 0 Å². The molecule has 1 saturated heterocycles. The molecule has 4 nitrogen and oxygen atoms in total. The Balaban J connectivity index is 1.73. The van der Waals surface area contributed by atoms with E-state index in [2.05, 4.69) is 30.4 Å². The maximum absolute atomic E-state index is 4.78. The molecule has 0 radical (unpaired) electrons. The van der Waals surface area contributed by atoms with Gasteiger partial charge in [0, 0.05) is 24.9 Å². The zero-order valence-electron chi connectivity index (χ0n) is 12.5. The van der Waals surface area contributed by atoms with E-state index in [4.69, 9.17) is 10.1 Å². The van der Waals surface area contributed by atoms with Gasteiger partial charge in [0.05, 0.1) is 6.04 Å². The summed E-state index contributed by atoms with van der Waals surface area (Å²) in [5, 5.41) is 4.77. The van der Waals surface area contributed by atoms with Crippen molar-refractivity contribution in [2.75, 3.05) is 6.54 Å². The van der Waals surface area contributed by atoms with Crippen LogP contribution in [0, 0.1) is 0 Å². The Hall–Kier alpha value is -0.900. The first-order valence-electron chi connectivity index (χ1n) is 7.85. The Morgan fingerprint density at radius 1 is 1.26 bits per heavy atom. The maximum atomic E-state index is 4.78. The van der Waals surface area contributed by atoms with Gasteiger partial charge in [-0.25, -0.2) is 9.67 Å². The fraction of sp³-hybridized carbons (Fsp3) is 0.867. The fourth-order valence-electron chi connectivity index (χ4n) is 3.66. The SMILES string of the molecule is CC(C)N1CCCC1Cc1nc2n(n1)C(C)CCC2. The second-order valence-corrected chi connectivity index (χ2v) is 6.46. The summed E-state index contributed by atoms with van der Waals surface area (Å²) in [5.74, 6) is 2.28. The number of likely N-dealkylation sites (tertiary alicyclic amines) is 1. The molecule has 0 aromatic carbocycles. The lowest BCUT2D eigenvalue weighted by Crippen LogP contribution is -2.36. The summed E-state index contributed by atoms with van der Waals surface area (Å²) in [4.78, 5) is 7.40. The number of rotatable bonds is 3. The lowest BCUT2D eigenvalue weighted by molar-refractivity contribution is 0.201. The van der Waals surface area contributed by atoms with Gasteiger partial charge < -0.3 is 0 Å². The highest BCUT2D eigenvalue weighted by Crippen LogP contribution is 2.25. The minimum Gasteiger partial charge on any atom is -0.298 e. The van der Waals surface area contributed by atoms with Crippen LogP contribution in [0.1, 0.15) is 64.1 Å². The minimum absolute atomic E-state index is 0.537. The Kier molecular flexibility index (Phi) is 3.61. The molecular weight excluding hydrogens is 236 g/mol. The predicted octanol–water partition coefficient (Wildman–Crippen LogP) is 2.59. The lowest BCUT2D eigenvalue weighted by atomic mass is 10.1. The Labute approximate surface area is 116 Å². The molecule has 0 N–H and O–H groups in total. The monoisotopic (exact) mass is 262 g/mol. The van der Waals surface area contributed by atoms with Gasteiger partial charge in [-0.3, -0.25) is 4.90 Å². The molecule has 3 heterocycles. The van der Waals surface area contributed by atoms with E-state index in [-0.39, 0.29) is 0 Å². The second kappa shape index (κ2) is 5.23. The van der Waals surface area contributed by atoms with E-state index >= 15 is 0 Å². The van der Waals surface area contributed by atoms with E-state index in [0.717, 1.165) is 18.7 Å². The number of fused-ring (bicyclic) bond motifs is 1. The van der Waals surface area contributed by atoms with Crippen LogP contribution in [0.2, 0.25) is 0 Å². The van der Waals surface area contributed by atoms with Crippen LogP contribution in [0.25, 0.3) is 0 Å². The molecule has 0 amide bonds. The average molecular weight is 262 g/mol. The smallest absolute Gasteiger partial charge is 0.152 e. The van der Waals surface area contributed by atoms with Gasteiger partial charge in [0.15, 0.2) is 5.82 Å². The van der Waals surface area contributed by atoms with Gasteiger partial charge in [-0.05, 0) is 53.0 Å². The topological polar surface area (TPSA) is 34.0 Å². The van der Waals surface area contributed by atoms with Crippen LogP contribution in [-0.2, 0) is 12.8 Å². The first kappa shape index (κ1) is 13.1. The molecule has 4 heteroatoms. The largest absolute Gasteiger partial charge is 0.298 e. The van der Waals surface area contributed by atoms with Gasteiger partial charge in [0.25, 0.3) is 0 Å². The predicted molar refractivity (Wildman–Crippen MR) is 76.2 cm³/mol. The standard InChI is InChI=1S/C15H26N4/c1-11(2)18-9-5-7-13(18)10-14-16-15-8-4-6-12(3)19(15)17-14/h11-13H,4-10H2,1-3H3. The average Bonchev–Trinajstić information content (AvgIpc) is 2.96. The molecule has 3 rings (SSSR count). The molecule has 1 aromatic rings. The molecule has 2 atom stereocenters. The van der Waals surface area contributed by atoms with E-state index in [1.165, 1.54) is 38.1 Å². The molecule has 106 valence electrons. The normalized spacial score (nSPS) is 28.0. The third-order valence-corrected chi connectivity index (χ3v) is 4.69. The first-order valence-corrected chi connectivity index (χ1v) is 7.85. The molecule has 0 aliphatic carbocycles. The molecule has 0 saturated carbocycles. The molecule has 19 heavy (non-hydrogen) atoms. The van der Waals surface area contributed by atoms with Gasteiger partial charge in [0.1, 0.15) is 5.82 Å². The van der Waals surface area contributed by atoms with Gasteiger partial charge in [0.2, 0.25) is 0 Å². The van der Waals surface area contributed by atoms with Crippen molar-refractivity contribution in [1.29, 1.82) is 0 Å². The molecule has 1 fully saturated rings. The van der Waals surface area contributed by atoms with Crippen molar-refractivity contribution >= 4 is 0 Å². The van der Waals surface area contributed by atoms with E-state index in [0.29, 0.717) is 18.1 Å². The number of hydrogen-bond donors (Lipinski definition) is 0. The van der Waals surface area contributed by atoms with Crippen molar-refractivity contribution < 1.29 is 0 Å². The quantitative estimate of drug-likeness (QED) is 0.839. The van der Waals surface area contributed by atoms with Crippen molar-refractivity contribution in [3.05, 3.63) is 11.6 Å². The van der Waals surface area contributed by atoms with Crippen molar-refractivity contribution in [2.24, 2.45) is 0 Å². The van der Waals surface area contributed by atoms with Crippen molar-refractivity contribution in [1.82, 2.24) is 19.7 Å². The molecule has 0 bridgehead atoms. The molecule has 1 aromatic heterocycles. The van der Waals surface area contributed by atoms with Crippen LogP contribution < -0.4 is 0 Å². The Morgan fingerprint density at radius 3 is 2.84 bits per heavy atom. The summed E-state index contributed by atoms with van der Waals surface area (Å²) in [7, 11) is 0. The maximum Gasteiger partial charge on any atom is 0.152 e. The highest BCUT2D eigenvalue weighted by molar-refractivity contribution is 5.01. The summed E-state index contributed by atoms with van der Waals surface area (Å²) in [5.41, 5.74) is 0. The van der Waals surface area contributed by atoms with E-state index < -0.39 is 0 Å². The van der Waals surface area contributed by atoms with Gasteiger partial charge in [-0.2, -0.15) is 5.10 Å². The van der Waals surface area contributed by atoms with Gasteiger partial charge in [-0.1, -0.05) is 0 Å². The number of nitrogens with zero attached hydrogens (tertiary/aromatic N) is 4. The third-order valence-electron chi connectivity index (χ3n) is 4.69. The minimum atomic E-state index is 0.537. The van der Waals surface area contributed by atoms with Crippen LogP contribution in [-0.4, -0.2) is 38.3 Å². The second-order valence-electron chi connectivity index (χ2n) is 6.46. The summed E-state index contributed by atoms with van der Waals surface area (Å²) in [6, 6.07) is 1.83. The highest BCUT2D eigenvalue weighted by Gasteiger charge is 2.28. The fourth-order valence-corrected chi connectivity index (χ4v) is 3.66. The van der Waals surface area contributed by atoms with Crippen LogP contribution in [0.5, 0.6) is 0 Å². The summed E-state index contributed by atoms with van der Waals surface area (Å²) >= 11 is 0. The zero-order chi connectivity index (χ0) is 13.4.